The van der Waals surface area contributed by atoms with E-state index in [0.29, 0.717) is 0 Å². The van der Waals surface area contributed by atoms with Crippen molar-refractivity contribution in [3.8, 4) is 0 Å². The monoisotopic (exact) mass is 240 g/mol. The molecule has 1 spiro atoms. The van der Waals surface area contributed by atoms with E-state index in [9.17, 15) is 0 Å². The summed E-state index contributed by atoms with van der Waals surface area (Å²) < 4.78 is 11.8. The molecule has 4 heteroatoms. The molecule has 4 nitrogen and oxygen atoms in total. The summed E-state index contributed by atoms with van der Waals surface area (Å²) in [4.78, 5) is 2.65. The van der Waals surface area contributed by atoms with Crippen LogP contribution < -0.4 is 5.32 Å². The van der Waals surface area contributed by atoms with Gasteiger partial charge >= 0.3 is 0 Å². The fraction of sp³-hybridized carbons (Fsp3) is 1.00. The molecule has 0 atom stereocenters. The molecular weight excluding hydrogens is 216 g/mol. The van der Waals surface area contributed by atoms with Gasteiger partial charge in [-0.2, -0.15) is 0 Å². The van der Waals surface area contributed by atoms with Crippen molar-refractivity contribution >= 4 is 0 Å². The molecule has 3 aliphatic rings. The molecule has 2 saturated heterocycles. The summed E-state index contributed by atoms with van der Waals surface area (Å²) in [5.74, 6) is -0.206. The molecule has 0 bridgehead atoms. The predicted molar refractivity (Wildman–Crippen MR) is 66.0 cm³/mol. The first-order valence-electron chi connectivity index (χ1n) is 7.11. The maximum absolute atomic E-state index is 5.89. The van der Waals surface area contributed by atoms with E-state index in [0.717, 1.165) is 51.6 Å². The van der Waals surface area contributed by atoms with E-state index in [1.54, 1.807) is 0 Å². The van der Waals surface area contributed by atoms with Gasteiger partial charge in [0.15, 0.2) is 5.79 Å². The highest BCUT2D eigenvalue weighted by molar-refractivity contribution is 4.87. The normalized spacial score (nSPS) is 31.8. The SMILES string of the molecule is C1COC2(CCC(N3CCNCC3)CC2)OC1. The van der Waals surface area contributed by atoms with Crippen molar-refractivity contribution in [3.63, 3.8) is 0 Å². The van der Waals surface area contributed by atoms with Gasteiger partial charge in [-0.05, 0) is 19.3 Å². The van der Waals surface area contributed by atoms with Gasteiger partial charge in [0.25, 0.3) is 0 Å². The van der Waals surface area contributed by atoms with Crippen LogP contribution in [-0.4, -0.2) is 56.1 Å². The number of nitrogens with one attached hydrogen (secondary N) is 1. The minimum absolute atomic E-state index is 0.206. The van der Waals surface area contributed by atoms with Gasteiger partial charge in [-0.15, -0.1) is 0 Å². The summed E-state index contributed by atoms with van der Waals surface area (Å²) in [5.41, 5.74) is 0. The average molecular weight is 240 g/mol. The van der Waals surface area contributed by atoms with Crippen LogP contribution in [0.25, 0.3) is 0 Å². The smallest absolute Gasteiger partial charge is 0.168 e. The summed E-state index contributed by atoms with van der Waals surface area (Å²) in [6, 6.07) is 0.761. The Kier molecular flexibility index (Phi) is 3.66. The second-order valence-corrected chi connectivity index (χ2v) is 5.48. The summed E-state index contributed by atoms with van der Waals surface area (Å²) >= 11 is 0. The van der Waals surface area contributed by atoms with Gasteiger partial charge in [0.2, 0.25) is 0 Å². The quantitative estimate of drug-likeness (QED) is 0.740. The third-order valence-electron chi connectivity index (χ3n) is 4.40. The standard InChI is InChI=1S/C13H24N2O2/c1-10-16-13(17-11-1)4-2-12(3-5-13)15-8-6-14-7-9-15/h12,14H,1-11H2. The van der Waals surface area contributed by atoms with Crippen LogP contribution in [0, 0.1) is 0 Å². The molecule has 0 amide bonds. The van der Waals surface area contributed by atoms with Crippen molar-refractivity contribution in [2.75, 3.05) is 39.4 Å². The van der Waals surface area contributed by atoms with E-state index < -0.39 is 0 Å². The Morgan fingerprint density at radius 3 is 2.29 bits per heavy atom. The Balaban J connectivity index is 1.52. The van der Waals surface area contributed by atoms with Gasteiger partial charge in [0.1, 0.15) is 0 Å². The molecule has 3 rings (SSSR count). The summed E-state index contributed by atoms with van der Waals surface area (Å²) in [6.45, 7) is 6.48. The molecule has 0 aromatic heterocycles. The van der Waals surface area contributed by atoms with E-state index in [2.05, 4.69) is 10.2 Å². The molecular formula is C13H24N2O2. The van der Waals surface area contributed by atoms with Gasteiger partial charge in [0, 0.05) is 45.1 Å². The number of ether oxygens (including phenoxy) is 2. The van der Waals surface area contributed by atoms with Gasteiger partial charge in [-0.25, -0.2) is 0 Å². The molecule has 0 aromatic carbocycles. The minimum Gasteiger partial charge on any atom is -0.350 e. The Hall–Kier alpha value is -0.160. The minimum atomic E-state index is -0.206. The van der Waals surface area contributed by atoms with Crippen molar-refractivity contribution in [3.05, 3.63) is 0 Å². The van der Waals surface area contributed by atoms with Crippen LogP contribution in [-0.2, 0) is 9.47 Å². The zero-order valence-electron chi connectivity index (χ0n) is 10.6. The van der Waals surface area contributed by atoms with Crippen LogP contribution in [0.1, 0.15) is 32.1 Å². The molecule has 1 saturated carbocycles. The largest absolute Gasteiger partial charge is 0.350 e. The molecule has 3 fully saturated rings. The van der Waals surface area contributed by atoms with Crippen LogP contribution >= 0.6 is 0 Å². The Bertz CT molecular complexity index is 238. The Morgan fingerprint density at radius 2 is 1.65 bits per heavy atom. The van der Waals surface area contributed by atoms with Crippen LogP contribution in [0.2, 0.25) is 0 Å². The first kappa shape index (κ1) is 11.9. The lowest BCUT2D eigenvalue weighted by molar-refractivity contribution is -0.283. The molecule has 1 N–H and O–H groups in total. The predicted octanol–water partition coefficient (Wildman–Crippen LogP) is 0.967. The zero-order valence-corrected chi connectivity index (χ0v) is 10.6. The number of piperazine rings is 1. The lowest BCUT2D eigenvalue weighted by Crippen LogP contribution is -2.52. The summed E-state index contributed by atoms with van der Waals surface area (Å²) in [6.07, 6.45) is 5.70. The molecule has 2 aliphatic heterocycles. The maximum Gasteiger partial charge on any atom is 0.168 e. The molecule has 98 valence electrons. The van der Waals surface area contributed by atoms with Crippen LogP contribution in [0.3, 0.4) is 0 Å². The molecule has 0 aromatic rings. The summed E-state index contributed by atoms with van der Waals surface area (Å²) in [7, 11) is 0. The fourth-order valence-corrected chi connectivity index (χ4v) is 3.36. The lowest BCUT2D eigenvalue weighted by atomic mass is 9.88. The van der Waals surface area contributed by atoms with Crippen LogP contribution in [0.15, 0.2) is 0 Å². The second-order valence-electron chi connectivity index (χ2n) is 5.48. The number of hydrogen-bond acceptors (Lipinski definition) is 4. The van der Waals surface area contributed by atoms with E-state index in [1.807, 2.05) is 0 Å². The third kappa shape index (κ3) is 2.65. The lowest BCUT2D eigenvalue weighted by Gasteiger charge is -2.45. The molecule has 17 heavy (non-hydrogen) atoms. The van der Waals surface area contributed by atoms with Crippen LogP contribution in [0.5, 0.6) is 0 Å². The van der Waals surface area contributed by atoms with E-state index in [1.165, 1.54) is 25.9 Å². The highest BCUT2D eigenvalue weighted by atomic mass is 16.7. The molecule has 1 aliphatic carbocycles. The molecule has 0 radical (unpaired) electrons. The van der Waals surface area contributed by atoms with Gasteiger partial charge in [-0.1, -0.05) is 0 Å². The first-order valence-corrected chi connectivity index (χ1v) is 7.11. The highest BCUT2D eigenvalue weighted by Gasteiger charge is 2.40. The number of rotatable bonds is 1. The molecule has 0 unspecified atom stereocenters. The molecule has 2 heterocycles. The fourth-order valence-electron chi connectivity index (χ4n) is 3.36. The van der Waals surface area contributed by atoms with E-state index >= 15 is 0 Å². The van der Waals surface area contributed by atoms with Crippen molar-refractivity contribution in [1.82, 2.24) is 10.2 Å². The van der Waals surface area contributed by atoms with Gasteiger partial charge < -0.3 is 14.8 Å². The first-order chi connectivity index (χ1) is 8.38. The number of nitrogens with zero attached hydrogens (tertiary/aromatic N) is 1. The van der Waals surface area contributed by atoms with Crippen molar-refractivity contribution < 1.29 is 9.47 Å². The van der Waals surface area contributed by atoms with Crippen molar-refractivity contribution in [1.29, 1.82) is 0 Å². The van der Waals surface area contributed by atoms with E-state index in [4.69, 9.17) is 9.47 Å². The van der Waals surface area contributed by atoms with Gasteiger partial charge in [-0.3, -0.25) is 4.90 Å². The maximum atomic E-state index is 5.89. The third-order valence-corrected chi connectivity index (χ3v) is 4.40. The van der Waals surface area contributed by atoms with Crippen molar-refractivity contribution in [2.45, 2.75) is 43.9 Å². The Labute approximate surface area is 104 Å². The van der Waals surface area contributed by atoms with Gasteiger partial charge in [0.05, 0.1) is 13.2 Å². The van der Waals surface area contributed by atoms with Crippen molar-refractivity contribution in [2.24, 2.45) is 0 Å². The summed E-state index contributed by atoms with van der Waals surface area (Å²) in [5, 5.41) is 3.42. The van der Waals surface area contributed by atoms with E-state index in [-0.39, 0.29) is 5.79 Å². The Morgan fingerprint density at radius 1 is 1.00 bits per heavy atom. The highest BCUT2D eigenvalue weighted by Crippen LogP contribution is 2.36. The second kappa shape index (κ2) is 5.22. The zero-order chi connectivity index (χ0) is 11.6. The number of hydrogen-bond donors (Lipinski definition) is 1. The average Bonchev–Trinajstić information content (AvgIpc) is 2.42. The van der Waals surface area contributed by atoms with Crippen LogP contribution in [0.4, 0.5) is 0 Å². The topological polar surface area (TPSA) is 33.7 Å².